The highest BCUT2D eigenvalue weighted by atomic mass is 16.5. The van der Waals surface area contributed by atoms with Crippen molar-refractivity contribution in [2.45, 2.75) is 45.4 Å². The quantitative estimate of drug-likeness (QED) is 0.579. The molecule has 0 aromatic rings. The second-order valence-electron chi connectivity index (χ2n) is 4.92. The van der Waals surface area contributed by atoms with Crippen LogP contribution in [0.2, 0.25) is 0 Å². The smallest absolute Gasteiger partial charge is 0.293 e. The van der Waals surface area contributed by atoms with Crippen LogP contribution in [0.5, 0.6) is 0 Å². The molecule has 96 valence electrons. The van der Waals surface area contributed by atoms with Gasteiger partial charge in [-0.3, -0.25) is 4.79 Å². The van der Waals surface area contributed by atoms with Gasteiger partial charge in [-0.05, 0) is 27.7 Å². The van der Waals surface area contributed by atoms with Crippen molar-refractivity contribution in [2.24, 2.45) is 0 Å². The van der Waals surface area contributed by atoms with Crippen LogP contribution in [-0.2, 0) is 9.53 Å². The van der Waals surface area contributed by atoms with Crippen molar-refractivity contribution < 1.29 is 14.6 Å². The average Bonchev–Trinajstić information content (AvgIpc) is 2.18. The Balaban J connectivity index is 0.000000293. The van der Waals surface area contributed by atoms with E-state index in [-0.39, 0.29) is 18.2 Å². The number of ether oxygens (including phenoxy) is 1. The summed E-state index contributed by atoms with van der Waals surface area (Å²) in [5.74, 6) is 0. The van der Waals surface area contributed by atoms with Crippen molar-refractivity contribution in [3.05, 3.63) is 0 Å². The molecule has 1 rings (SSSR count). The Morgan fingerprint density at radius 2 is 2.00 bits per heavy atom. The van der Waals surface area contributed by atoms with E-state index in [0.29, 0.717) is 12.5 Å². The fourth-order valence-corrected chi connectivity index (χ4v) is 1.10. The lowest BCUT2D eigenvalue weighted by molar-refractivity contribution is -0.138. The van der Waals surface area contributed by atoms with Gasteiger partial charge in [-0.25, -0.2) is 0 Å². The van der Waals surface area contributed by atoms with Crippen LogP contribution in [0, 0.1) is 0 Å². The minimum Gasteiger partial charge on any atom is -0.462 e. The molecule has 0 bridgehead atoms. The van der Waals surface area contributed by atoms with E-state index in [1.54, 1.807) is 0 Å². The van der Waals surface area contributed by atoms with E-state index in [4.69, 9.17) is 5.11 Å². The standard InChI is InChI=1S/C6H14N2O.C5H10O2/c1-5-2-8-6(4-9)3-7-5;1-5(2,3)7-4-6/h5-9H,2-4H2,1H3;4H,1-3H3/t5-,6-;/m1./s1. The van der Waals surface area contributed by atoms with E-state index >= 15 is 0 Å². The van der Waals surface area contributed by atoms with Crippen molar-refractivity contribution in [1.82, 2.24) is 10.6 Å². The molecule has 0 aromatic heterocycles. The van der Waals surface area contributed by atoms with Gasteiger partial charge in [0.1, 0.15) is 5.60 Å². The Bertz CT molecular complexity index is 184. The average molecular weight is 232 g/mol. The zero-order chi connectivity index (χ0) is 12.6. The Morgan fingerprint density at radius 3 is 2.25 bits per heavy atom. The first-order valence-electron chi connectivity index (χ1n) is 5.58. The van der Waals surface area contributed by atoms with E-state index in [0.717, 1.165) is 13.1 Å². The summed E-state index contributed by atoms with van der Waals surface area (Å²) in [5, 5.41) is 15.1. The number of rotatable bonds is 2. The molecule has 0 unspecified atom stereocenters. The maximum atomic E-state index is 9.60. The van der Waals surface area contributed by atoms with Crippen LogP contribution >= 0.6 is 0 Å². The SMILES string of the molecule is CC(C)(C)OC=O.C[C@@H]1CN[C@@H](CO)CN1. The maximum absolute atomic E-state index is 9.60. The number of aliphatic hydroxyl groups is 1. The summed E-state index contributed by atoms with van der Waals surface area (Å²) < 4.78 is 4.55. The van der Waals surface area contributed by atoms with E-state index in [2.05, 4.69) is 22.3 Å². The molecule has 2 atom stereocenters. The number of aliphatic hydroxyl groups excluding tert-OH is 1. The number of carbonyl (C=O) groups excluding carboxylic acids is 1. The predicted molar refractivity (Wildman–Crippen MR) is 63.2 cm³/mol. The van der Waals surface area contributed by atoms with E-state index in [1.165, 1.54) is 0 Å². The summed E-state index contributed by atoms with van der Waals surface area (Å²) in [4.78, 5) is 9.60. The van der Waals surface area contributed by atoms with Crippen molar-refractivity contribution in [3.8, 4) is 0 Å². The number of piperazine rings is 1. The van der Waals surface area contributed by atoms with Crippen molar-refractivity contribution in [1.29, 1.82) is 0 Å². The van der Waals surface area contributed by atoms with Gasteiger partial charge in [0, 0.05) is 25.2 Å². The molecule has 1 aliphatic rings. The van der Waals surface area contributed by atoms with Crippen LogP contribution in [0.25, 0.3) is 0 Å². The molecule has 0 saturated carbocycles. The molecule has 0 amide bonds. The Labute approximate surface area is 97.6 Å². The highest BCUT2D eigenvalue weighted by Crippen LogP contribution is 2.02. The zero-order valence-corrected chi connectivity index (χ0v) is 10.6. The second kappa shape index (κ2) is 7.60. The van der Waals surface area contributed by atoms with Crippen LogP contribution in [0.15, 0.2) is 0 Å². The number of nitrogens with one attached hydrogen (secondary N) is 2. The van der Waals surface area contributed by atoms with Gasteiger partial charge in [0.2, 0.25) is 0 Å². The summed E-state index contributed by atoms with van der Waals surface area (Å²) in [6.07, 6.45) is 0. The van der Waals surface area contributed by atoms with Crippen molar-refractivity contribution in [2.75, 3.05) is 19.7 Å². The molecule has 1 saturated heterocycles. The zero-order valence-electron chi connectivity index (χ0n) is 10.6. The van der Waals surface area contributed by atoms with Gasteiger partial charge in [0.25, 0.3) is 6.47 Å². The third-order valence-electron chi connectivity index (χ3n) is 2.05. The molecule has 16 heavy (non-hydrogen) atoms. The summed E-state index contributed by atoms with van der Waals surface area (Å²) >= 11 is 0. The van der Waals surface area contributed by atoms with Gasteiger partial charge in [-0.1, -0.05) is 0 Å². The molecule has 0 radical (unpaired) electrons. The number of hydrogen-bond donors (Lipinski definition) is 3. The van der Waals surface area contributed by atoms with Crippen molar-refractivity contribution >= 4 is 6.47 Å². The van der Waals surface area contributed by atoms with Crippen LogP contribution in [0.3, 0.4) is 0 Å². The van der Waals surface area contributed by atoms with Gasteiger partial charge in [0.15, 0.2) is 0 Å². The highest BCUT2D eigenvalue weighted by molar-refractivity contribution is 5.37. The van der Waals surface area contributed by atoms with E-state index in [1.807, 2.05) is 20.8 Å². The molecule has 0 aromatic carbocycles. The summed E-state index contributed by atoms with van der Waals surface area (Å²) in [6.45, 7) is 10.1. The van der Waals surface area contributed by atoms with Gasteiger partial charge in [-0.15, -0.1) is 0 Å². The maximum Gasteiger partial charge on any atom is 0.293 e. The molecule has 1 fully saturated rings. The largest absolute Gasteiger partial charge is 0.462 e. The molecule has 1 heterocycles. The first-order valence-corrected chi connectivity index (χ1v) is 5.58. The van der Waals surface area contributed by atoms with Gasteiger partial charge in [0.05, 0.1) is 6.61 Å². The third kappa shape index (κ3) is 8.64. The van der Waals surface area contributed by atoms with Crippen LogP contribution < -0.4 is 10.6 Å². The Morgan fingerprint density at radius 1 is 1.38 bits per heavy atom. The topological polar surface area (TPSA) is 70.6 Å². The van der Waals surface area contributed by atoms with Gasteiger partial charge < -0.3 is 20.5 Å². The fraction of sp³-hybridized carbons (Fsp3) is 0.909. The lowest BCUT2D eigenvalue weighted by Gasteiger charge is -2.27. The van der Waals surface area contributed by atoms with Gasteiger partial charge >= 0.3 is 0 Å². The molecular formula is C11H24N2O3. The van der Waals surface area contributed by atoms with Crippen LogP contribution in [0.1, 0.15) is 27.7 Å². The molecule has 3 N–H and O–H groups in total. The highest BCUT2D eigenvalue weighted by Gasteiger charge is 2.14. The summed E-state index contributed by atoms with van der Waals surface area (Å²) in [6, 6.07) is 0.814. The Kier molecular flexibility index (Phi) is 7.29. The molecule has 0 spiro atoms. The van der Waals surface area contributed by atoms with E-state index < -0.39 is 0 Å². The molecule has 1 aliphatic heterocycles. The first-order chi connectivity index (χ1) is 7.39. The number of hydrogen-bond acceptors (Lipinski definition) is 5. The minimum atomic E-state index is -0.318. The molecule has 5 heteroatoms. The number of carbonyl (C=O) groups is 1. The predicted octanol–water partition coefficient (Wildman–Crippen LogP) is -0.113. The monoisotopic (exact) mass is 232 g/mol. The van der Waals surface area contributed by atoms with E-state index in [9.17, 15) is 4.79 Å². The lowest BCUT2D eigenvalue weighted by Crippen LogP contribution is -2.54. The third-order valence-corrected chi connectivity index (χ3v) is 2.05. The van der Waals surface area contributed by atoms with Crippen LogP contribution in [0.4, 0.5) is 0 Å². The molecule has 0 aliphatic carbocycles. The van der Waals surface area contributed by atoms with Gasteiger partial charge in [-0.2, -0.15) is 0 Å². The lowest BCUT2D eigenvalue weighted by atomic mass is 10.2. The molecular weight excluding hydrogens is 208 g/mol. The molecule has 5 nitrogen and oxygen atoms in total. The van der Waals surface area contributed by atoms with Crippen LogP contribution in [-0.4, -0.2) is 49.0 Å². The minimum absolute atomic E-state index is 0.236. The fourth-order valence-electron chi connectivity index (χ4n) is 1.10. The summed E-state index contributed by atoms with van der Waals surface area (Å²) in [5.41, 5.74) is -0.318. The normalized spacial score (nSPS) is 25.3. The van der Waals surface area contributed by atoms with Crippen molar-refractivity contribution in [3.63, 3.8) is 0 Å². The second-order valence-corrected chi connectivity index (χ2v) is 4.92. The Hall–Kier alpha value is -0.650. The first kappa shape index (κ1) is 15.3. The summed E-state index contributed by atoms with van der Waals surface area (Å²) in [7, 11) is 0.